The molecule has 25 heavy (non-hydrogen) atoms. The van der Waals surface area contributed by atoms with Gasteiger partial charge in [0.15, 0.2) is 0 Å². The van der Waals surface area contributed by atoms with E-state index < -0.39 is 0 Å². The molecule has 0 aliphatic heterocycles. The van der Waals surface area contributed by atoms with Gasteiger partial charge < -0.3 is 4.74 Å². The number of carbonyl (C=O) groups is 1. The number of aromatic nitrogens is 1. The molecule has 0 saturated carbocycles. The van der Waals surface area contributed by atoms with Crippen molar-refractivity contribution in [2.75, 3.05) is 0 Å². The van der Waals surface area contributed by atoms with E-state index in [9.17, 15) is 4.79 Å². The first-order valence-corrected chi connectivity index (χ1v) is 9.18. The predicted molar refractivity (Wildman–Crippen MR) is 102 cm³/mol. The summed E-state index contributed by atoms with van der Waals surface area (Å²) in [6.07, 6.45) is 1.11. The van der Waals surface area contributed by atoms with E-state index in [4.69, 9.17) is 9.72 Å². The number of esters is 1. The summed E-state index contributed by atoms with van der Waals surface area (Å²) >= 11 is 1.64. The fourth-order valence-electron chi connectivity index (χ4n) is 2.99. The Morgan fingerprint density at radius 2 is 1.72 bits per heavy atom. The first-order chi connectivity index (χ1) is 12.3. The van der Waals surface area contributed by atoms with Crippen LogP contribution in [0.2, 0.25) is 0 Å². The number of pyridine rings is 1. The summed E-state index contributed by atoms with van der Waals surface area (Å²) in [5.41, 5.74) is 2.90. The molecular formula is C21H17NO2S. The molecule has 0 aliphatic rings. The van der Waals surface area contributed by atoms with Crippen molar-refractivity contribution in [3.63, 3.8) is 0 Å². The van der Waals surface area contributed by atoms with Gasteiger partial charge in [-0.15, -0.1) is 0 Å². The summed E-state index contributed by atoms with van der Waals surface area (Å²) in [5, 5.41) is 7.37. The average molecular weight is 347 g/mol. The van der Waals surface area contributed by atoms with E-state index in [1.165, 1.54) is 5.56 Å². The smallest absolute Gasteiger partial charge is 0.306 e. The molecule has 4 heteroatoms. The number of carbonyl (C=O) groups excluding carboxylic acids is 1. The third kappa shape index (κ3) is 3.39. The van der Waals surface area contributed by atoms with Gasteiger partial charge in [0, 0.05) is 17.2 Å². The Bertz CT molecular complexity index is 1020. The third-order valence-electron chi connectivity index (χ3n) is 4.26. The molecule has 0 N–H and O–H groups in total. The van der Waals surface area contributed by atoms with Crippen molar-refractivity contribution in [2.24, 2.45) is 0 Å². The Labute approximate surface area is 149 Å². The molecule has 124 valence electrons. The number of fused-ring (bicyclic) bond motifs is 3. The molecule has 2 aromatic carbocycles. The van der Waals surface area contributed by atoms with Gasteiger partial charge in [-0.1, -0.05) is 42.5 Å². The number of hydrogen-bond donors (Lipinski definition) is 0. The van der Waals surface area contributed by atoms with Crippen LogP contribution in [0.1, 0.15) is 17.7 Å². The molecule has 4 rings (SSSR count). The number of nitrogens with zero attached hydrogens (tertiary/aromatic N) is 1. The van der Waals surface area contributed by atoms with Gasteiger partial charge in [-0.2, -0.15) is 11.3 Å². The van der Waals surface area contributed by atoms with Crippen LogP contribution in [0.15, 0.2) is 65.4 Å². The number of rotatable bonds is 5. The second kappa shape index (κ2) is 7.03. The monoisotopic (exact) mass is 347 g/mol. The SMILES string of the molecule is O=C(CCc1ccsc1)OCc1nc2ccccc2c2ccccc12. The Morgan fingerprint density at radius 1 is 0.960 bits per heavy atom. The molecule has 0 fully saturated rings. The highest BCUT2D eigenvalue weighted by molar-refractivity contribution is 7.07. The van der Waals surface area contributed by atoms with E-state index in [2.05, 4.69) is 17.5 Å². The number of ether oxygens (including phenoxy) is 1. The van der Waals surface area contributed by atoms with E-state index in [0.29, 0.717) is 12.8 Å². The molecule has 0 unspecified atom stereocenters. The van der Waals surface area contributed by atoms with Crippen molar-refractivity contribution in [2.45, 2.75) is 19.4 Å². The molecule has 4 aromatic rings. The standard InChI is InChI=1S/C21H17NO2S/c23-21(10-9-15-11-12-25-14-15)24-13-20-18-7-2-1-5-16(18)17-6-3-4-8-19(17)22-20/h1-8,11-12,14H,9-10,13H2. The molecule has 0 spiro atoms. The van der Waals surface area contributed by atoms with Gasteiger partial charge in [0.2, 0.25) is 0 Å². The Morgan fingerprint density at radius 3 is 2.52 bits per heavy atom. The van der Waals surface area contributed by atoms with Crippen LogP contribution in [0.5, 0.6) is 0 Å². The number of hydrogen-bond acceptors (Lipinski definition) is 4. The summed E-state index contributed by atoms with van der Waals surface area (Å²) in [5.74, 6) is -0.190. The quantitative estimate of drug-likeness (QED) is 0.371. The van der Waals surface area contributed by atoms with Crippen LogP contribution in [0.25, 0.3) is 21.7 Å². The van der Waals surface area contributed by atoms with Crippen LogP contribution in [0, 0.1) is 0 Å². The van der Waals surface area contributed by atoms with Crippen LogP contribution in [-0.2, 0) is 22.6 Å². The molecule has 2 heterocycles. The zero-order valence-electron chi connectivity index (χ0n) is 13.6. The van der Waals surface area contributed by atoms with Crippen LogP contribution >= 0.6 is 11.3 Å². The van der Waals surface area contributed by atoms with Crippen molar-refractivity contribution < 1.29 is 9.53 Å². The molecule has 0 aliphatic carbocycles. The highest BCUT2D eigenvalue weighted by Crippen LogP contribution is 2.26. The summed E-state index contributed by atoms with van der Waals surface area (Å²) in [6, 6.07) is 18.2. The van der Waals surface area contributed by atoms with Gasteiger partial charge in [0.05, 0.1) is 11.2 Å². The minimum Gasteiger partial charge on any atom is -0.459 e. The summed E-state index contributed by atoms with van der Waals surface area (Å²) < 4.78 is 5.49. The van der Waals surface area contributed by atoms with Crippen LogP contribution in [0.4, 0.5) is 0 Å². The minimum atomic E-state index is -0.190. The normalized spacial score (nSPS) is 11.0. The number of aryl methyl sites for hydroxylation is 1. The molecule has 2 aromatic heterocycles. The van der Waals surface area contributed by atoms with Crippen molar-refractivity contribution in [3.8, 4) is 0 Å². The van der Waals surface area contributed by atoms with Crippen LogP contribution < -0.4 is 0 Å². The highest BCUT2D eigenvalue weighted by Gasteiger charge is 2.10. The van der Waals surface area contributed by atoms with E-state index >= 15 is 0 Å². The zero-order valence-corrected chi connectivity index (χ0v) is 14.5. The lowest BCUT2D eigenvalue weighted by atomic mass is 10.0. The lowest BCUT2D eigenvalue weighted by Gasteiger charge is -2.10. The Balaban J connectivity index is 1.55. The number of thiophene rings is 1. The van der Waals surface area contributed by atoms with Gasteiger partial charge in [-0.25, -0.2) is 4.98 Å². The lowest BCUT2D eigenvalue weighted by Crippen LogP contribution is -2.07. The van der Waals surface area contributed by atoms with Crippen molar-refractivity contribution >= 4 is 39.0 Å². The minimum absolute atomic E-state index is 0.190. The lowest BCUT2D eigenvalue weighted by molar-refractivity contribution is -0.144. The second-order valence-corrected chi connectivity index (χ2v) is 6.69. The first kappa shape index (κ1) is 15.8. The first-order valence-electron chi connectivity index (χ1n) is 8.24. The van der Waals surface area contributed by atoms with Gasteiger partial charge in [-0.05, 0) is 40.3 Å². The van der Waals surface area contributed by atoms with E-state index in [1.54, 1.807) is 11.3 Å². The fourth-order valence-corrected chi connectivity index (χ4v) is 3.69. The van der Waals surface area contributed by atoms with Crippen LogP contribution in [-0.4, -0.2) is 11.0 Å². The molecule has 0 amide bonds. The second-order valence-electron chi connectivity index (χ2n) is 5.91. The van der Waals surface area contributed by atoms with Crippen LogP contribution in [0.3, 0.4) is 0 Å². The van der Waals surface area contributed by atoms with Gasteiger partial charge >= 0.3 is 5.97 Å². The van der Waals surface area contributed by atoms with Gasteiger partial charge in [0.25, 0.3) is 0 Å². The largest absolute Gasteiger partial charge is 0.459 e. The molecular weight excluding hydrogens is 330 g/mol. The number of para-hydroxylation sites is 1. The summed E-state index contributed by atoms with van der Waals surface area (Å²) in [4.78, 5) is 16.8. The molecule has 0 saturated heterocycles. The van der Waals surface area contributed by atoms with Gasteiger partial charge in [-0.3, -0.25) is 4.79 Å². The third-order valence-corrected chi connectivity index (χ3v) is 4.99. The van der Waals surface area contributed by atoms with Crippen molar-refractivity contribution in [1.82, 2.24) is 4.98 Å². The summed E-state index contributed by atoms with van der Waals surface area (Å²) in [6.45, 7) is 0.202. The maximum absolute atomic E-state index is 12.1. The Kier molecular flexibility index (Phi) is 4.44. The summed E-state index contributed by atoms with van der Waals surface area (Å²) in [7, 11) is 0. The highest BCUT2D eigenvalue weighted by atomic mass is 32.1. The van der Waals surface area contributed by atoms with Gasteiger partial charge in [0.1, 0.15) is 6.61 Å². The van der Waals surface area contributed by atoms with Crippen molar-refractivity contribution in [3.05, 3.63) is 76.6 Å². The molecule has 3 nitrogen and oxygen atoms in total. The van der Waals surface area contributed by atoms with E-state index in [-0.39, 0.29) is 12.6 Å². The molecule has 0 atom stereocenters. The Hall–Kier alpha value is -2.72. The number of benzene rings is 2. The van der Waals surface area contributed by atoms with E-state index in [1.807, 2.05) is 47.8 Å². The average Bonchev–Trinajstić information content (AvgIpc) is 3.18. The maximum atomic E-state index is 12.1. The topological polar surface area (TPSA) is 39.2 Å². The van der Waals surface area contributed by atoms with Crippen molar-refractivity contribution in [1.29, 1.82) is 0 Å². The predicted octanol–water partition coefficient (Wildman–Crippen LogP) is 5.13. The van der Waals surface area contributed by atoms with E-state index in [0.717, 1.165) is 27.4 Å². The maximum Gasteiger partial charge on any atom is 0.306 e. The molecule has 0 radical (unpaired) electrons. The zero-order chi connectivity index (χ0) is 17.1. The fraction of sp³-hybridized carbons (Fsp3) is 0.143. The molecule has 0 bridgehead atoms.